The fraction of sp³-hybridized carbons (Fsp3) is 0.294. The van der Waals surface area contributed by atoms with Crippen LogP contribution in [0.1, 0.15) is 31.1 Å². The van der Waals surface area contributed by atoms with Crippen LogP contribution in [0.2, 0.25) is 10.0 Å². The monoisotopic (exact) mass is 337 g/mol. The van der Waals surface area contributed by atoms with Gasteiger partial charge in [0.15, 0.2) is 11.9 Å². The summed E-state index contributed by atoms with van der Waals surface area (Å²) in [5.74, 6) is -0.134. The molecule has 0 aliphatic heterocycles. The molecule has 1 heterocycles. The molecule has 0 spiro atoms. The molecule has 22 heavy (non-hydrogen) atoms. The van der Waals surface area contributed by atoms with Gasteiger partial charge < -0.3 is 5.32 Å². The Bertz CT molecular complexity index is 701. The van der Waals surface area contributed by atoms with Crippen molar-refractivity contribution in [2.75, 3.05) is 5.32 Å². The van der Waals surface area contributed by atoms with E-state index < -0.39 is 0 Å². The summed E-state index contributed by atoms with van der Waals surface area (Å²) in [5.41, 5.74) is 2.74. The standard InChI is InChI=1S/C17H18Cl2N2O/c1-4-13-6-5-11(2)21(10-13)12(3)17(22)20-16-9-14(18)7-8-15(16)19/h5-10,12H,4H2,1-3H3/p+1/t12-/m1/s1. The van der Waals surface area contributed by atoms with E-state index in [2.05, 4.69) is 18.3 Å². The lowest BCUT2D eigenvalue weighted by Gasteiger charge is -2.12. The van der Waals surface area contributed by atoms with Gasteiger partial charge in [-0.15, -0.1) is 0 Å². The highest BCUT2D eigenvalue weighted by molar-refractivity contribution is 6.35. The summed E-state index contributed by atoms with van der Waals surface area (Å²) in [4.78, 5) is 12.5. The molecule has 0 radical (unpaired) electrons. The van der Waals surface area contributed by atoms with Crippen molar-refractivity contribution in [3.8, 4) is 0 Å². The van der Waals surface area contributed by atoms with E-state index in [0.717, 1.165) is 12.1 Å². The van der Waals surface area contributed by atoms with Gasteiger partial charge in [0.2, 0.25) is 6.04 Å². The number of nitrogens with one attached hydrogen (secondary N) is 1. The molecule has 5 heteroatoms. The van der Waals surface area contributed by atoms with Gasteiger partial charge in [-0.05, 0) is 30.7 Å². The van der Waals surface area contributed by atoms with Crippen LogP contribution in [0.15, 0.2) is 36.5 Å². The summed E-state index contributed by atoms with van der Waals surface area (Å²) in [6.07, 6.45) is 2.94. The van der Waals surface area contributed by atoms with Gasteiger partial charge >= 0.3 is 0 Å². The first-order valence-corrected chi connectivity index (χ1v) is 7.94. The van der Waals surface area contributed by atoms with E-state index in [4.69, 9.17) is 23.2 Å². The van der Waals surface area contributed by atoms with Crippen LogP contribution < -0.4 is 9.88 Å². The highest BCUT2D eigenvalue weighted by Crippen LogP contribution is 2.25. The molecule has 0 fully saturated rings. The van der Waals surface area contributed by atoms with E-state index >= 15 is 0 Å². The lowest BCUT2D eigenvalue weighted by atomic mass is 10.1. The summed E-state index contributed by atoms with van der Waals surface area (Å²) in [7, 11) is 0. The number of aromatic nitrogens is 1. The van der Waals surface area contributed by atoms with Crippen molar-refractivity contribution < 1.29 is 9.36 Å². The largest absolute Gasteiger partial charge is 0.319 e. The minimum Gasteiger partial charge on any atom is -0.319 e. The maximum absolute atomic E-state index is 12.5. The first-order chi connectivity index (χ1) is 10.4. The molecule has 0 unspecified atom stereocenters. The number of hydrogen-bond acceptors (Lipinski definition) is 1. The average molecular weight is 338 g/mol. The normalized spacial score (nSPS) is 12.0. The van der Waals surface area contributed by atoms with Crippen molar-refractivity contribution in [2.24, 2.45) is 0 Å². The summed E-state index contributed by atoms with van der Waals surface area (Å²) in [5, 5.41) is 3.84. The van der Waals surface area contributed by atoms with Crippen LogP contribution >= 0.6 is 23.2 Å². The van der Waals surface area contributed by atoms with E-state index in [9.17, 15) is 4.79 Å². The van der Waals surface area contributed by atoms with Gasteiger partial charge in [0.1, 0.15) is 0 Å². The van der Waals surface area contributed by atoms with Crippen molar-refractivity contribution in [3.05, 3.63) is 57.8 Å². The van der Waals surface area contributed by atoms with Crippen LogP contribution in [-0.4, -0.2) is 5.91 Å². The Morgan fingerprint density at radius 3 is 2.68 bits per heavy atom. The first-order valence-electron chi connectivity index (χ1n) is 7.19. The smallest absolute Gasteiger partial charge is 0.293 e. The molecule has 0 saturated heterocycles. The SMILES string of the molecule is CCc1ccc(C)[n+]([C@H](C)C(=O)Nc2cc(Cl)ccc2Cl)c1. The third-order valence-electron chi connectivity index (χ3n) is 3.64. The number of nitrogens with zero attached hydrogens (tertiary/aromatic N) is 1. The van der Waals surface area contributed by atoms with Gasteiger partial charge in [0.05, 0.1) is 10.7 Å². The Hall–Kier alpha value is -1.58. The second kappa shape index (κ2) is 7.12. The van der Waals surface area contributed by atoms with E-state index in [1.165, 1.54) is 5.56 Å². The number of aryl methyl sites for hydroxylation is 2. The maximum Gasteiger partial charge on any atom is 0.293 e. The number of amides is 1. The Kier molecular flexibility index (Phi) is 5.43. The Labute approximate surface area is 140 Å². The van der Waals surface area contributed by atoms with Gasteiger partial charge in [-0.25, -0.2) is 0 Å². The fourth-order valence-electron chi connectivity index (χ4n) is 2.22. The predicted molar refractivity (Wildman–Crippen MR) is 90.6 cm³/mol. The summed E-state index contributed by atoms with van der Waals surface area (Å²) < 4.78 is 1.96. The van der Waals surface area contributed by atoms with Gasteiger partial charge in [-0.2, -0.15) is 4.57 Å². The molecule has 1 amide bonds. The lowest BCUT2D eigenvalue weighted by molar-refractivity contribution is -0.711. The Morgan fingerprint density at radius 1 is 1.27 bits per heavy atom. The lowest BCUT2D eigenvalue weighted by Crippen LogP contribution is -2.47. The number of carbonyl (C=O) groups excluding carboxylic acids is 1. The van der Waals surface area contributed by atoms with E-state index in [1.807, 2.05) is 30.7 Å². The molecular formula is C17H19Cl2N2O+. The van der Waals surface area contributed by atoms with Crippen LogP contribution in [0.4, 0.5) is 5.69 Å². The molecule has 2 rings (SSSR count). The number of carbonyl (C=O) groups is 1. The zero-order valence-corrected chi connectivity index (χ0v) is 14.4. The maximum atomic E-state index is 12.5. The second-order valence-electron chi connectivity index (χ2n) is 5.23. The topological polar surface area (TPSA) is 33.0 Å². The third kappa shape index (κ3) is 3.79. The second-order valence-corrected chi connectivity index (χ2v) is 6.07. The number of halogens is 2. The molecule has 116 valence electrons. The van der Waals surface area contributed by atoms with Gasteiger partial charge in [0, 0.05) is 30.5 Å². The zero-order valence-electron chi connectivity index (χ0n) is 12.9. The molecule has 1 atom stereocenters. The van der Waals surface area contributed by atoms with Crippen LogP contribution in [0, 0.1) is 6.92 Å². The van der Waals surface area contributed by atoms with Gasteiger partial charge in [-0.1, -0.05) is 30.1 Å². The molecule has 2 aromatic rings. The molecule has 0 aliphatic carbocycles. The zero-order chi connectivity index (χ0) is 16.3. The number of rotatable bonds is 4. The van der Waals surface area contributed by atoms with Crippen LogP contribution in [-0.2, 0) is 11.2 Å². The summed E-state index contributed by atoms with van der Waals surface area (Å²) in [6.45, 7) is 5.93. The minimum atomic E-state index is -0.346. The molecule has 1 aromatic carbocycles. The molecule has 1 N–H and O–H groups in total. The van der Waals surface area contributed by atoms with E-state index in [-0.39, 0.29) is 11.9 Å². The molecule has 0 saturated carbocycles. The first kappa shape index (κ1) is 16.8. The highest BCUT2D eigenvalue weighted by Gasteiger charge is 2.25. The molecular weight excluding hydrogens is 319 g/mol. The van der Waals surface area contributed by atoms with Crippen LogP contribution in [0.5, 0.6) is 0 Å². The summed E-state index contributed by atoms with van der Waals surface area (Å²) >= 11 is 12.0. The van der Waals surface area contributed by atoms with Crippen LogP contribution in [0.3, 0.4) is 0 Å². The average Bonchev–Trinajstić information content (AvgIpc) is 2.50. The van der Waals surface area contributed by atoms with Crippen molar-refractivity contribution in [1.29, 1.82) is 0 Å². The minimum absolute atomic E-state index is 0.134. The van der Waals surface area contributed by atoms with Crippen LogP contribution in [0.25, 0.3) is 0 Å². The van der Waals surface area contributed by atoms with Gasteiger partial charge in [-0.3, -0.25) is 4.79 Å². The number of hydrogen-bond donors (Lipinski definition) is 1. The third-order valence-corrected chi connectivity index (χ3v) is 4.21. The van der Waals surface area contributed by atoms with Crippen molar-refractivity contribution >= 4 is 34.8 Å². The van der Waals surface area contributed by atoms with Crippen molar-refractivity contribution in [3.63, 3.8) is 0 Å². The van der Waals surface area contributed by atoms with E-state index in [1.54, 1.807) is 18.2 Å². The molecule has 1 aromatic heterocycles. The van der Waals surface area contributed by atoms with E-state index in [0.29, 0.717) is 15.7 Å². The number of benzene rings is 1. The summed E-state index contributed by atoms with van der Waals surface area (Å²) in [6, 6.07) is 8.75. The number of pyridine rings is 1. The van der Waals surface area contributed by atoms with Crippen molar-refractivity contribution in [1.82, 2.24) is 0 Å². The predicted octanol–water partition coefficient (Wildman–Crippen LogP) is 4.35. The Balaban J connectivity index is 2.24. The van der Waals surface area contributed by atoms with Crippen molar-refractivity contribution in [2.45, 2.75) is 33.2 Å². The fourth-order valence-corrected chi connectivity index (χ4v) is 2.56. The quantitative estimate of drug-likeness (QED) is 0.826. The Morgan fingerprint density at radius 2 is 2.00 bits per heavy atom. The highest BCUT2D eigenvalue weighted by atomic mass is 35.5. The molecule has 0 bridgehead atoms. The molecule has 0 aliphatic rings. The molecule has 3 nitrogen and oxygen atoms in total. The van der Waals surface area contributed by atoms with Gasteiger partial charge in [0.25, 0.3) is 5.91 Å². The number of anilines is 1.